The van der Waals surface area contributed by atoms with E-state index in [1.165, 1.54) is 13.8 Å². The molecule has 194 valence electrons. The molecule has 0 bridgehead atoms. The molecule has 0 spiro atoms. The van der Waals surface area contributed by atoms with Crippen LogP contribution in [-0.4, -0.2) is 94.1 Å². The van der Waals surface area contributed by atoms with E-state index in [-0.39, 0.29) is 13.2 Å². The molecule has 0 saturated carbocycles. The zero-order valence-corrected chi connectivity index (χ0v) is 20.1. The zero-order chi connectivity index (χ0) is 25.2. The van der Waals surface area contributed by atoms with Gasteiger partial charge in [-0.3, -0.25) is 9.59 Å². The second kappa shape index (κ2) is 10.7. The highest BCUT2D eigenvalue weighted by molar-refractivity contribution is 5.66. The highest BCUT2D eigenvalue weighted by atomic mass is 16.8. The van der Waals surface area contributed by atoms with Crippen molar-refractivity contribution >= 4 is 11.9 Å². The van der Waals surface area contributed by atoms with E-state index in [4.69, 9.17) is 33.2 Å². The molecule has 0 radical (unpaired) electrons. The van der Waals surface area contributed by atoms with E-state index in [2.05, 4.69) is 10.3 Å². The van der Waals surface area contributed by atoms with Gasteiger partial charge in [0, 0.05) is 26.5 Å². The second-order valence-corrected chi connectivity index (χ2v) is 8.99. The molecule has 1 aromatic rings. The minimum absolute atomic E-state index is 0.0732. The lowest BCUT2D eigenvalue weighted by atomic mass is 10.1. The van der Waals surface area contributed by atoms with Crippen LogP contribution in [0, 0.1) is 0 Å². The van der Waals surface area contributed by atoms with Gasteiger partial charge in [0.1, 0.15) is 37.1 Å². The van der Waals surface area contributed by atoms with Crippen LogP contribution in [0.3, 0.4) is 0 Å². The molecule has 7 atom stereocenters. The number of nitrogens with zero attached hydrogens (tertiary/aromatic N) is 3. The van der Waals surface area contributed by atoms with Gasteiger partial charge in [0.25, 0.3) is 0 Å². The summed E-state index contributed by atoms with van der Waals surface area (Å²) in [5, 5.41) is 18.7. The minimum Gasteiger partial charge on any atom is -0.463 e. The number of fused-ring (bicyclic) bond motifs is 1. The van der Waals surface area contributed by atoms with Crippen LogP contribution >= 0.6 is 0 Å². The van der Waals surface area contributed by atoms with Crippen molar-refractivity contribution in [2.45, 2.75) is 89.5 Å². The summed E-state index contributed by atoms with van der Waals surface area (Å²) in [6.07, 6.45) is 0.878. The van der Waals surface area contributed by atoms with Gasteiger partial charge in [0.15, 0.2) is 18.4 Å². The van der Waals surface area contributed by atoms with Gasteiger partial charge in [0.2, 0.25) is 0 Å². The van der Waals surface area contributed by atoms with Crippen LogP contribution in [0.1, 0.15) is 33.4 Å². The molecule has 3 aliphatic heterocycles. The standard InChI is InChI=1S/C22H31N3O10/c1-12(26)30-11-17-15(31-13(2)27)5-6-18(32-17)29-8-7-14-9-25(24-23-14)10-16-19(28)20-21(33-16)35-22(3,4)34-20/h5-6,9,15-21,28H,7-8,10-11H2,1-4H3/t15-,16+,17+,18-,19-,20-,21+/m0/s1. The van der Waals surface area contributed by atoms with Gasteiger partial charge in [-0.1, -0.05) is 5.21 Å². The first-order valence-electron chi connectivity index (χ1n) is 11.4. The lowest BCUT2D eigenvalue weighted by Gasteiger charge is -2.31. The van der Waals surface area contributed by atoms with Crippen molar-refractivity contribution in [2.75, 3.05) is 13.2 Å². The molecule has 0 aliphatic carbocycles. The first kappa shape index (κ1) is 25.7. The predicted octanol–water partition coefficient (Wildman–Crippen LogP) is -0.150. The van der Waals surface area contributed by atoms with Crippen LogP contribution in [0.5, 0.6) is 0 Å². The van der Waals surface area contributed by atoms with Gasteiger partial charge in [0.05, 0.1) is 18.8 Å². The number of aliphatic hydroxyl groups excluding tert-OH is 1. The Kier molecular flexibility index (Phi) is 7.83. The Labute approximate surface area is 202 Å². The van der Waals surface area contributed by atoms with E-state index in [9.17, 15) is 14.7 Å². The smallest absolute Gasteiger partial charge is 0.303 e. The number of aliphatic hydroxyl groups is 1. The molecule has 1 N–H and O–H groups in total. The maximum atomic E-state index is 11.3. The second-order valence-electron chi connectivity index (χ2n) is 8.99. The molecule has 1 aromatic heterocycles. The van der Waals surface area contributed by atoms with Gasteiger partial charge in [-0.15, -0.1) is 5.10 Å². The number of ether oxygens (including phenoxy) is 7. The summed E-state index contributed by atoms with van der Waals surface area (Å²) < 4.78 is 40.4. The average molecular weight is 498 g/mol. The molecular formula is C22H31N3O10. The lowest BCUT2D eigenvalue weighted by Crippen LogP contribution is -2.42. The lowest BCUT2D eigenvalue weighted by molar-refractivity contribution is -0.216. The van der Waals surface area contributed by atoms with Crippen LogP contribution in [-0.2, 0) is 55.7 Å². The highest BCUT2D eigenvalue weighted by Crippen LogP contribution is 2.37. The molecule has 35 heavy (non-hydrogen) atoms. The van der Waals surface area contributed by atoms with Crippen LogP contribution in [0.4, 0.5) is 0 Å². The zero-order valence-electron chi connectivity index (χ0n) is 20.1. The number of hydrogen-bond acceptors (Lipinski definition) is 12. The fourth-order valence-corrected chi connectivity index (χ4v) is 4.07. The predicted molar refractivity (Wildman–Crippen MR) is 114 cm³/mol. The number of esters is 2. The van der Waals surface area contributed by atoms with Crippen molar-refractivity contribution in [1.82, 2.24) is 15.0 Å². The molecule has 0 unspecified atom stereocenters. The van der Waals surface area contributed by atoms with Crippen LogP contribution in [0.25, 0.3) is 0 Å². The Bertz CT molecular complexity index is 934. The van der Waals surface area contributed by atoms with Crippen LogP contribution in [0.15, 0.2) is 18.3 Å². The van der Waals surface area contributed by atoms with Crippen molar-refractivity contribution < 1.29 is 47.9 Å². The van der Waals surface area contributed by atoms with E-state index in [1.807, 2.05) is 0 Å². The number of rotatable bonds is 9. The van der Waals surface area contributed by atoms with Crippen molar-refractivity contribution in [3.8, 4) is 0 Å². The summed E-state index contributed by atoms with van der Waals surface area (Å²) in [4.78, 5) is 22.5. The molecule has 4 heterocycles. The third-order valence-corrected chi connectivity index (χ3v) is 5.59. The fraction of sp³-hybridized carbons (Fsp3) is 0.727. The largest absolute Gasteiger partial charge is 0.463 e. The molecule has 0 amide bonds. The first-order chi connectivity index (χ1) is 16.6. The topological polar surface area (TPSA) is 150 Å². The van der Waals surface area contributed by atoms with Crippen molar-refractivity contribution in [2.24, 2.45) is 0 Å². The Morgan fingerprint density at radius 3 is 2.66 bits per heavy atom. The van der Waals surface area contributed by atoms with E-state index in [1.54, 1.807) is 36.9 Å². The summed E-state index contributed by atoms with van der Waals surface area (Å²) in [5.74, 6) is -1.73. The number of aromatic nitrogens is 3. The third kappa shape index (κ3) is 6.63. The van der Waals surface area contributed by atoms with Crippen LogP contribution < -0.4 is 0 Å². The number of carbonyl (C=O) groups is 2. The van der Waals surface area contributed by atoms with Crippen LogP contribution in [0.2, 0.25) is 0 Å². The maximum Gasteiger partial charge on any atom is 0.303 e. The van der Waals surface area contributed by atoms with Gasteiger partial charge >= 0.3 is 11.9 Å². The monoisotopic (exact) mass is 497 g/mol. The Morgan fingerprint density at radius 2 is 1.94 bits per heavy atom. The summed E-state index contributed by atoms with van der Waals surface area (Å²) >= 11 is 0. The van der Waals surface area contributed by atoms with E-state index >= 15 is 0 Å². The molecular weight excluding hydrogens is 466 g/mol. The van der Waals surface area contributed by atoms with E-state index < -0.39 is 60.8 Å². The molecule has 0 aromatic carbocycles. The van der Waals surface area contributed by atoms with E-state index in [0.29, 0.717) is 18.7 Å². The highest BCUT2D eigenvalue weighted by Gasteiger charge is 2.54. The quantitative estimate of drug-likeness (QED) is 0.357. The Hall–Kier alpha value is -2.42. The molecule has 2 fully saturated rings. The van der Waals surface area contributed by atoms with Crippen molar-refractivity contribution in [3.05, 3.63) is 24.0 Å². The van der Waals surface area contributed by atoms with E-state index in [0.717, 1.165) is 0 Å². The van der Waals surface area contributed by atoms with Crippen molar-refractivity contribution in [3.63, 3.8) is 0 Å². The summed E-state index contributed by atoms with van der Waals surface area (Å²) in [7, 11) is 0. The molecule has 2 saturated heterocycles. The Balaban J connectivity index is 1.23. The van der Waals surface area contributed by atoms with Crippen molar-refractivity contribution in [1.29, 1.82) is 0 Å². The number of carbonyl (C=O) groups excluding carboxylic acids is 2. The molecule has 4 rings (SSSR count). The third-order valence-electron chi connectivity index (χ3n) is 5.59. The molecule has 13 heteroatoms. The van der Waals surface area contributed by atoms with Gasteiger partial charge < -0.3 is 38.3 Å². The summed E-state index contributed by atoms with van der Waals surface area (Å²) in [5.41, 5.74) is 0.681. The van der Waals surface area contributed by atoms with Gasteiger partial charge in [-0.25, -0.2) is 4.68 Å². The maximum absolute atomic E-state index is 11.3. The summed E-state index contributed by atoms with van der Waals surface area (Å²) in [6, 6.07) is 0. The normalized spacial score (nSPS) is 33.5. The Morgan fingerprint density at radius 1 is 1.14 bits per heavy atom. The van der Waals surface area contributed by atoms with Gasteiger partial charge in [-0.2, -0.15) is 0 Å². The first-order valence-corrected chi connectivity index (χ1v) is 11.4. The molecule has 3 aliphatic rings. The number of hydrogen-bond donors (Lipinski definition) is 1. The fourth-order valence-electron chi connectivity index (χ4n) is 4.07. The van der Waals surface area contributed by atoms with Gasteiger partial charge in [-0.05, 0) is 26.0 Å². The summed E-state index contributed by atoms with van der Waals surface area (Å²) in [6.45, 7) is 6.61. The SMILES string of the molecule is CC(=O)OC[C@H]1O[C@H](OCCc2cn(C[C@H]3O[C@@H]4OC(C)(C)O[C@H]4[C@H]3O)nn2)C=C[C@@H]1OC(C)=O. The average Bonchev–Trinajstić information content (AvgIpc) is 3.42. The molecule has 13 nitrogen and oxygen atoms in total. The minimum atomic E-state index is -0.844.